The van der Waals surface area contributed by atoms with Gasteiger partial charge in [0.15, 0.2) is 0 Å². The molecule has 0 unspecified atom stereocenters. The first kappa shape index (κ1) is 77.2. The van der Waals surface area contributed by atoms with E-state index in [1.54, 1.807) is 0 Å². The molecule has 0 atom stereocenters. The molecule has 0 saturated heterocycles. The lowest BCUT2D eigenvalue weighted by Gasteiger charge is -1.98. The number of unbranched alkanes of at least 4 members (excludes halogenated alkanes) is 36. The molecule has 0 spiro atoms. The van der Waals surface area contributed by atoms with Crippen LogP contribution >= 0.6 is 0 Å². The van der Waals surface area contributed by atoms with Crippen LogP contribution in [-0.4, -0.2) is 0 Å². The monoisotopic (exact) mass is 857 g/mol. The predicted molar refractivity (Wildman–Crippen MR) is 294 cm³/mol. The molecule has 376 valence electrons. The van der Waals surface area contributed by atoms with Gasteiger partial charge in [-0.25, -0.2) is 0 Å². The maximum absolute atomic E-state index is 2.27. The number of hydrogen-bond donors (Lipinski definition) is 0. The predicted octanol–water partition coefficient (Wildman–Crippen LogP) is 25.4. The van der Waals surface area contributed by atoms with Crippen molar-refractivity contribution in [3.8, 4) is 0 Å². The molecule has 0 nitrogen and oxygen atoms in total. The van der Waals surface area contributed by atoms with Crippen LogP contribution in [0.2, 0.25) is 0 Å². The lowest BCUT2D eigenvalue weighted by atomic mass is 10.1. The molecular weight excluding hydrogens is 721 g/mol. The summed E-state index contributed by atoms with van der Waals surface area (Å²) >= 11 is 0. The van der Waals surface area contributed by atoms with Crippen LogP contribution in [0.3, 0.4) is 0 Å². The molecule has 60 heavy (non-hydrogen) atoms. The van der Waals surface area contributed by atoms with Gasteiger partial charge < -0.3 is 0 Å². The first-order chi connectivity index (χ1) is 29.3. The van der Waals surface area contributed by atoms with Crippen molar-refractivity contribution in [3.63, 3.8) is 0 Å². The SMILES string of the molecule is CCCC.CCCCC.CCCCCC.CCCCCCC.CCCCCCCC.CCCCCCCCC.CCCCCCCCCC.CCCCCCCCCCC. The van der Waals surface area contributed by atoms with E-state index >= 15 is 0 Å². The Labute approximate surface area is 391 Å². The van der Waals surface area contributed by atoms with Gasteiger partial charge in [0, 0.05) is 0 Å². The molecule has 0 N–H and O–H groups in total. The smallest absolute Gasteiger partial charge is 0.0533 e. The van der Waals surface area contributed by atoms with E-state index in [0.29, 0.717) is 0 Å². The summed E-state index contributed by atoms with van der Waals surface area (Å²) in [7, 11) is 0. The lowest BCUT2D eigenvalue weighted by molar-refractivity contribution is 0.572. The zero-order valence-electron chi connectivity index (χ0n) is 47.1. The van der Waals surface area contributed by atoms with Crippen molar-refractivity contribution in [1.29, 1.82) is 0 Å². The summed E-state index contributed by atoms with van der Waals surface area (Å²) in [6, 6.07) is 0. The van der Waals surface area contributed by atoms with Crippen molar-refractivity contribution in [1.82, 2.24) is 0 Å². The second kappa shape index (κ2) is 103. The lowest BCUT2D eigenvalue weighted by Crippen LogP contribution is -1.79. The van der Waals surface area contributed by atoms with E-state index < -0.39 is 0 Å². The summed E-state index contributed by atoms with van der Waals surface area (Å²) in [5.74, 6) is 0. The van der Waals surface area contributed by atoms with Gasteiger partial charge in [-0.15, -0.1) is 0 Å². The quantitative estimate of drug-likeness (QED) is 0.0551. The summed E-state index contributed by atoms with van der Waals surface area (Å²) in [4.78, 5) is 0. The van der Waals surface area contributed by atoms with Crippen molar-refractivity contribution in [2.24, 2.45) is 0 Å². The van der Waals surface area contributed by atoms with E-state index in [-0.39, 0.29) is 0 Å². The van der Waals surface area contributed by atoms with E-state index in [2.05, 4.69) is 111 Å². The van der Waals surface area contributed by atoms with Crippen LogP contribution in [0, 0.1) is 0 Å². The molecule has 0 rings (SSSR count). The van der Waals surface area contributed by atoms with Gasteiger partial charge in [-0.1, -0.05) is 393 Å². The molecule has 0 aliphatic rings. The van der Waals surface area contributed by atoms with Gasteiger partial charge in [0.2, 0.25) is 0 Å². The number of rotatable bonds is 36. The highest BCUT2D eigenvalue weighted by Crippen LogP contribution is 2.10. The van der Waals surface area contributed by atoms with Crippen molar-refractivity contribution < 1.29 is 0 Å². The minimum Gasteiger partial charge on any atom is -0.0654 e. The Bertz CT molecular complexity index is 440. The summed E-state index contributed by atoms with van der Waals surface area (Å²) in [5, 5.41) is 0. The molecule has 0 aliphatic heterocycles. The Balaban J connectivity index is -0.0000000873. The zero-order chi connectivity index (χ0) is 47.1. The summed E-state index contributed by atoms with van der Waals surface area (Å²) in [5.41, 5.74) is 0. The molecule has 0 aromatic carbocycles. The Morgan fingerprint density at radius 3 is 0.250 bits per heavy atom. The fourth-order valence-electron chi connectivity index (χ4n) is 6.01. The van der Waals surface area contributed by atoms with E-state index in [0.717, 1.165) is 0 Å². The molecule has 0 fully saturated rings. The standard InChI is InChI=1S/C11H24.C10H22.C9H20.C8H18.C7H16.C6H14.C5H12.C4H10/c1-3-5-7-9-11-10-8-6-4-2;1-3-5-7-9-10-8-6-4-2;1-3-5-7-9-8-6-4-2;1-3-5-7-8-6-4-2;1-3-5-7-6-4-2;1-3-5-6-4-2;1-3-5-4-2;1-3-4-2/h3-11H2,1-2H3;3-10H2,1-2H3;3-9H2,1-2H3;3-8H2,1-2H3;3-7H2,1-2H3;3-6H2,1-2H3;3-5H2,1-2H3;3-4H2,1-2H3. The summed E-state index contributed by atoms with van der Waals surface area (Å²) < 4.78 is 0. The second-order valence-corrected chi connectivity index (χ2v) is 17.9. The van der Waals surface area contributed by atoms with Crippen LogP contribution in [0.4, 0.5) is 0 Å². The van der Waals surface area contributed by atoms with E-state index in [1.165, 1.54) is 283 Å². The minimum atomic E-state index is 1.32. The van der Waals surface area contributed by atoms with Crippen LogP contribution in [0.1, 0.15) is 393 Å². The van der Waals surface area contributed by atoms with Crippen molar-refractivity contribution in [2.75, 3.05) is 0 Å². The third kappa shape index (κ3) is 145. The Morgan fingerprint density at radius 2 is 0.167 bits per heavy atom. The van der Waals surface area contributed by atoms with Gasteiger partial charge in [0.1, 0.15) is 0 Å². The average molecular weight is 858 g/mol. The van der Waals surface area contributed by atoms with Gasteiger partial charge in [-0.3, -0.25) is 0 Å². The normalized spacial score (nSPS) is 9.60. The highest BCUT2D eigenvalue weighted by molar-refractivity contribution is 4.46. The average Bonchev–Trinajstić information content (AvgIpc) is 3.27. The summed E-state index contributed by atoms with van der Waals surface area (Å²) in [6.07, 6.45) is 62.1. The second-order valence-electron chi connectivity index (χ2n) is 17.9. The first-order valence-electron chi connectivity index (χ1n) is 29.3. The fraction of sp³-hybridized carbons (Fsp3) is 1.00. The molecule has 0 aromatic rings. The van der Waals surface area contributed by atoms with Crippen LogP contribution in [0.5, 0.6) is 0 Å². The van der Waals surface area contributed by atoms with E-state index in [1.807, 2.05) is 0 Å². The third-order valence-corrected chi connectivity index (χ3v) is 10.7. The Kier molecular flexibility index (Phi) is 132. The van der Waals surface area contributed by atoms with Gasteiger partial charge in [0.25, 0.3) is 0 Å². The molecule has 0 aromatic heterocycles. The molecular formula is C60H136. The highest BCUT2D eigenvalue weighted by atomic mass is 14.0. The minimum absolute atomic E-state index is 1.32. The van der Waals surface area contributed by atoms with Crippen LogP contribution in [0.25, 0.3) is 0 Å². The number of hydrogen-bond acceptors (Lipinski definition) is 0. The molecule has 0 heteroatoms. The molecule has 0 bridgehead atoms. The topological polar surface area (TPSA) is 0 Å². The van der Waals surface area contributed by atoms with E-state index in [4.69, 9.17) is 0 Å². The first-order valence-corrected chi connectivity index (χ1v) is 29.3. The Hall–Kier alpha value is 0. The van der Waals surface area contributed by atoms with Gasteiger partial charge in [0.05, 0.1) is 0 Å². The summed E-state index contributed by atoms with van der Waals surface area (Å²) in [6.45, 7) is 35.9. The van der Waals surface area contributed by atoms with Gasteiger partial charge in [-0.05, 0) is 0 Å². The third-order valence-electron chi connectivity index (χ3n) is 10.7. The van der Waals surface area contributed by atoms with E-state index in [9.17, 15) is 0 Å². The molecule has 0 aliphatic carbocycles. The largest absolute Gasteiger partial charge is 0.0654 e. The fourth-order valence-corrected chi connectivity index (χ4v) is 6.01. The maximum atomic E-state index is 2.27. The van der Waals surface area contributed by atoms with Crippen LogP contribution in [-0.2, 0) is 0 Å². The maximum Gasteiger partial charge on any atom is -0.0533 e. The zero-order valence-corrected chi connectivity index (χ0v) is 47.1. The van der Waals surface area contributed by atoms with Crippen LogP contribution in [0.15, 0.2) is 0 Å². The van der Waals surface area contributed by atoms with Crippen molar-refractivity contribution in [3.05, 3.63) is 0 Å². The van der Waals surface area contributed by atoms with Crippen LogP contribution < -0.4 is 0 Å². The molecule has 0 amide bonds. The van der Waals surface area contributed by atoms with Gasteiger partial charge >= 0.3 is 0 Å². The van der Waals surface area contributed by atoms with Crippen molar-refractivity contribution in [2.45, 2.75) is 393 Å². The van der Waals surface area contributed by atoms with Crippen molar-refractivity contribution >= 4 is 0 Å². The Morgan fingerprint density at radius 1 is 0.0833 bits per heavy atom. The van der Waals surface area contributed by atoms with Gasteiger partial charge in [-0.2, -0.15) is 0 Å². The molecule has 0 saturated carbocycles. The molecule has 0 radical (unpaired) electrons. The molecule has 0 heterocycles. The highest BCUT2D eigenvalue weighted by Gasteiger charge is 1.90.